The van der Waals surface area contributed by atoms with Gasteiger partial charge in [0, 0.05) is 0 Å². The summed E-state index contributed by atoms with van der Waals surface area (Å²) in [4.78, 5) is 10.3. The van der Waals surface area contributed by atoms with Crippen LogP contribution < -0.4 is 5.73 Å². The van der Waals surface area contributed by atoms with Crippen molar-refractivity contribution in [3.8, 4) is 0 Å². The SMILES string of the molecule is NC(CO)(CO)C(=O)S. The summed E-state index contributed by atoms with van der Waals surface area (Å²) in [5, 5.41) is 16.1. The maximum absolute atomic E-state index is 10.3. The lowest BCUT2D eigenvalue weighted by molar-refractivity contribution is -0.118. The number of hydrogen-bond acceptors (Lipinski definition) is 4. The molecule has 0 rings (SSSR count). The summed E-state index contributed by atoms with van der Waals surface area (Å²) in [6.45, 7) is -1.18. The molecule has 0 aliphatic carbocycles. The van der Waals surface area contributed by atoms with Crippen molar-refractivity contribution in [2.24, 2.45) is 5.73 Å². The molecule has 9 heavy (non-hydrogen) atoms. The molecule has 0 aromatic rings. The van der Waals surface area contributed by atoms with Gasteiger partial charge in [-0.15, -0.1) is 12.6 Å². The van der Waals surface area contributed by atoms with Gasteiger partial charge in [-0.3, -0.25) is 4.79 Å². The monoisotopic (exact) mass is 151 g/mol. The summed E-state index contributed by atoms with van der Waals surface area (Å²) < 4.78 is 0. The fourth-order valence-corrected chi connectivity index (χ4v) is 0.327. The van der Waals surface area contributed by atoms with Crippen LogP contribution in [0.5, 0.6) is 0 Å². The van der Waals surface area contributed by atoms with Crippen molar-refractivity contribution in [2.45, 2.75) is 5.54 Å². The first-order valence-electron chi connectivity index (χ1n) is 2.31. The van der Waals surface area contributed by atoms with Gasteiger partial charge in [-0.1, -0.05) is 0 Å². The molecule has 0 amide bonds. The first kappa shape index (κ1) is 8.90. The van der Waals surface area contributed by atoms with E-state index < -0.39 is 23.9 Å². The van der Waals surface area contributed by atoms with Gasteiger partial charge in [-0.05, 0) is 0 Å². The van der Waals surface area contributed by atoms with E-state index >= 15 is 0 Å². The number of carbonyl (C=O) groups is 1. The van der Waals surface area contributed by atoms with E-state index in [1.807, 2.05) is 0 Å². The van der Waals surface area contributed by atoms with Crippen LogP contribution in [-0.2, 0) is 4.79 Å². The van der Waals surface area contributed by atoms with Gasteiger partial charge in [0.25, 0.3) is 0 Å². The number of aliphatic hydroxyl groups is 2. The molecule has 0 saturated carbocycles. The Bertz CT molecular complexity index is 112. The van der Waals surface area contributed by atoms with Crippen LogP contribution in [-0.4, -0.2) is 34.1 Å². The van der Waals surface area contributed by atoms with E-state index in [0.29, 0.717) is 0 Å². The molecular formula is C4H9NO3S. The number of thiol groups is 1. The van der Waals surface area contributed by atoms with Gasteiger partial charge in [0.2, 0.25) is 5.12 Å². The summed E-state index contributed by atoms with van der Waals surface area (Å²) in [6, 6.07) is 0. The predicted molar refractivity (Wildman–Crippen MR) is 35.1 cm³/mol. The molecule has 5 heteroatoms. The second-order valence-corrected chi connectivity index (χ2v) is 2.18. The molecule has 0 fully saturated rings. The molecule has 0 aliphatic rings. The highest BCUT2D eigenvalue weighted by atomic mass is 32.1. The average molecular weight is 151 g/mol. The Morgan fingerprint density at radius 3 is 1.89 bits per heavy atom. The van der Waals surface area contributed by atoms with Gasteiger partial charge in [0.05, 0.1) is 13.2 Å². The molecule has 0 aromatic heterocycles. The Hall–Kier alpha value is -0.100. The molecule has 0 heterocycles. The number of hydrogen-bond donors (Lipinski definition) is 4. The van der Waals surface area contributed by atoms with Crippen LogP contribution in [0.25, 0.3) is 0 Å². The van der Waals surface area contributed by atoms with E-state index in [0.717, 1.165) is 0 Å². The molecule has 0 radical (unpaired) electrons. The first-order chi connectivity index (χ1) is 4.06. The number of nitrogens with two attached hydrogens (primary N) is 1. The van der Waals surface area contributed by atoms with E-state index in [1.54, 1.807) is 0 Å². The zero-order valence-electron chi connectivity index (χ0n) is 4.74. The van der Waals surface area contributed by atoms with Gasteiger partial charge >= 0.3 is 0 Å². The van der Waals surface area contributed by atoms with Gasteiger partial charge in [0.15, 0.2) is 0 Å². The van der Waals surface area contributed by atoms with Crippen molar-refractivity contribution < 1.29 is 15.0 Å². The van der Waals surface area contributed by atoms with Crippen molar-refractivity contribution in [3.63, 3.8) is 0 Å². The second-order valence-electron chi connectivity index (χ2n) is 1.78. The summed E-state index contributed by atoms with van der Waals surface area (Å²) in [5.41, 5.74) is 3.53. The maximum atomic E-state index is 10.3. The maximum Gasteiger partial charge on any atom is 0.210 e. The molecule has 0 unspecified atom stereocenters. The van der Waals surface area contributed by atoms with Crippen molar-refractivity contribution in [1.29, 1.82) is 0 Å². The number of rotatable bonds is 3. The summed E-state index contributed by atoms with van der Waals surface area (Å²) in [6.07, 6.45) is 0. The summed E-state index contributed by atoms with van der Waals surface area (Å²) in [7, 11) is 0. The van der Waals surface area contributed by atoms with Crippen LogP contribution >= 0.6 is 12.6 Å². The third-order valence-electron chi connectivity index (χ3n) is 0.990. The number of aliphatic hydroxyl groups excluding tert-OH is 2. The Morgan fingerprint density at radius 2 is 1.89 bits per heavy atom. The quantitative estimate of drug-likeness (QED) is 0.356. The molecule has 0 bridgehead atoms. The Balaban J connectivity index is 4.09. The van der Waals surface area contributed by atoms with E-state index in [9.17, 15) is 4.79 Å². The first-order valence-corrected chi connectivity index (χ1v) is 2.75. The smallest absolute Gasteiger partial charge is 0.210 e. The predicted octanol–water partition coefficient (Wildman–Crippen LogP) is -1.88. The molecule has 0 aromatic carbocycles. The third-order valence-corrected chi connectivity index (χ3v) is 1.44. The number of carbonyl (C=O) groups excluding carboxylic acids is 1. The van der Waals surface area contributed by atoms with Gasteiger partial charge in [0.1, 0.15) is 5.54 Å². The van der Waals surface area contributed by atoms with Crippen LogP contribution in [0.2, 0.25) is 0 Å². The molecular weight excluding hydrogens is 142 g/mol. The van der Waals surface area contributed by atoms with E-state index in [-0.39, 0.29) is 0 Å². The topological polar surface area (TPSA) is 83.6 Å². The van der Waals surface area contributed by atoms with Crippen molar-refractivity contribution in [2.75, 3.05) is 13.2 Å². The highest BCUT2D eigenvalue weighted by Crippen LogP contribution is 2.01. The summed E-state index contributed by atoms with van der Waals surface area (Å²) in [5.74, 6) is 0. The lowest BCUT2D eigenvalue weighted by atomic mass is 10.1. The summed E-state index contributed by atoms with van der Waals surface area (Å²) >= 11 is 3.35. The molecule has 0 saturated heterocycles. The second kappa shape index (κ2) is 3.17. The highest BCUT2D eigenvalue weighted by molar-refractivity contribution is 7.96. The lowest BCUT2D eigenvalue weighted by Gasteiger charge is -2.18. The third kappa shape index (κ3) is 1.94. The van der Waals surface area contributed by atoms with Crippen LogP contribution in [0.3, 0.4) is 0 Å². The normalized spacial score (nSPS) is 11.6. The molecule has 0 atom stereocenters. The minimum atomic E-state index is -1.58. The van der Waals surface area contributed by atoms with Gasteiger partial charge in [-0.2, -0.15) is 0 Å². The molecule has 54 valence electrons. The fraction of sp³-hybridized carbons (Fsp3) is 0.750. The minimum absolute atomic E-state index is 0.591. The van der Waals surface area contributed by atoms with Crippen molar-refractivity contribution >= 4 is 17.7 Å². The van der Waals surface area contributed by atoms with E-state index in [1.165, 1.54) is 0 Å². The van der Waals surface area contributed by atoms with Crippen LogP contribution in [0.15, 0.2) is 0 Å². The van der Waals surface area contributed by atoms with Crippen molar-refractivity contribution in [1.82, 2.24) is 0 Å². The molecule has 0 spiro atoms. The molecule has 4 N–H and O–H groups in total. The molecule has 4 nitrogen and oxygen atoms in total. The van der Waals surface area contributed by atoms with E-state index in [4.69, 9.17) is 15.9 Å². The van der Waals surface area contributed by atoms with Crippen LogP contribution in [0, 0.1) is 0 Å². The minimum Gasteiger partial charge on any atom is -0.394 e. The van der Waals surface area contributed by atoms with Crippen LogP contribution in [0.1, 0.15) is 0 Å². The van der Waals surface area contributed by atoms with E-state index in [2.05, 4.69) is 12.6 Å². The average Bonchev–Trinajstić information content (AvgIpc) is 1.86. The Kier molecular flexibility index (Phi) is 3.13. The standard InChI is InChI=1S/C4H9NO3S/c5-4(1-6,2-7)3(8)9/h6-7H,1-2,5H2,(H,8,9). The van der Waals surface area contributed by atoms with Gasteiger partial charge < -0.3 is 15.9 Å². The highest BCUT2D eigenvalue weighted by Gasteiger charge is 2.29. The van der Waals surface area contributed by atoms with Crippen molar-refractivity contribution in [3.05, 3.63) is 0 Å². The Labute approximate surface area is 58.1 Å². The Morgan fingerprint density at radius 1 is 1.56 bits per heavy atom. The van der Waals surface area contributed by atoms with Crippen LogP contribution in [0.4, 0.5) is 0 Å². The van der Waals surface area contributed by atoms with Gasteiger partial charge in [-0.25, -0.2) is 0 Å². The zero-order chi connectivity index (χ0) is 7.49. The largest absolute Gasteiger partial charge is 0.394 e. The lowest BCUT2D eigenvalue weighted by Crippen LogP contribution is -2.52. The zero-order valence-corrected chi connectivity index (χ0v) is 5.64. The molecule has 0 aliphatic heterocycles. The fourth-order valence-electron chi connectivity index (χ4n) is 0.185.